The van der Waals surface area contributed by atoms with E-state index in [1.54, 1.807) is 6.07 Å². The number of amides is 2. The normalized spacial score (nSPS) is 21.4. The largest absolute Gasteiger partial charge is 0.465 e. The third-order valence-corrected chi connectivity index (χ3v) is 8.97. The molecule has 3 N–H and O–H groups in total. The summed E-state index contributed by atoms with van der Waals surface area (Å²) in [6, 6.07) is 1.62. The van der Waals surface area contributed by atoms with Crippen molar-refractivity contribution in [2.24, 2.45) is 16.6 Å². The number of hydrogen-bond donors (Lipinski definition) is 2. The average molecular weight is 595 g/mol. The lowest BCUT2D eigenvalue weighted by atomic mass is 9.90. The molecule has 3 aliphatic heterocycles. The van der Waals surface area contributed by atoms with Gasteiger partial charge < -0.3 is 30.3 Å². The highest BCUT2D eigenvalue weighted by atomic mass is 19.1. The van der Waals surface area contributed by atoms with Gasteiger partial charge in [0.2, 0.25) is 0 Å². The predicted molar refractivity (Wildman–Crippen MR) is 161 cm³/mol. The minimum absolute atomic E-state index is 0.116. The number of hydrogen-bond acceptors (Lipinski definition) is 10. The Bertz CT molecular complexity index is 1460. The highest BCUT2D eigenvalue weighted by Gasteiger charge is 2.48. The molecule has 1 aromatic carbocycles. The summed E-state index contributed by atoms with van der Waals surface area (Å²) in [6.45, 7) is 7.80. The molecule has 230 valence electrons. The zero-order valence-electron chi connectivity index (χ0n) is 25.0. The summed E-state index contributed by atoms with van der Waals surface area (Å²) >= 11 is 0. The highest BCUT2D eigenvalue weighted by molar-refractivity contribution is 5.95. The Kier molecular flexibility index (Phi) is 7.94. The Balaban J connectivity index is 1.11. The number of rotatable bonds is 8. The van der Waals surface area contributed by atoms with E-state index in [1.165, 1.54) is 11.1 Å². The van der Waals surface area contributed by atoms with Crippen LogP contribution in [0, 0.1) is 11.7 Å². The monoisotopic (exact) mass is 594 g/mol. The molecule has 4 aliphatic rings. The summed E-state index contributed by atoms with van der Waals surface area (Å²) in [5.41, 5.74) is 9.67. The van der Waals surface area contributed by atoms with Crippen LogP contribution in [0.3, 0.4) is 0 Å². The number of benzene rings is 1. The number of likely N-dealkylation sites (N-methyl/N-ethyl adjacent to an activating group) is 1. The summed E-state index contributed by atoms with van der Waals surface area (Å²) < 4.78 is 26.6. The van der Waals surface area contributed by atoms with Gasteiger partial charge in [0, 0.05) is 58.3 Å². The first kappa shape index (κ1) is 29.2. The van der Waals surface area contributed by atoms with Gasteiger partial charge >= 0.3 is 6.09 Å². The molecular formula is C30H39FN8O4. The maximum atomic E-state index is 15.4. The van der Waals surface area contributed by atoms with Crippen molar-refractivity contribution in [2.45, 2.75) is 51.6 Å². The average Bonchev–Trinajstić information content (AvgIpc) is 3.56. The lowest BCUT2D eigenvalue weighted by Crippen LogP contribution is -2.48. The van der Waals surface area contributed by atoms with E-state index in [1.807, 2.05) is 18.9 Å². The lowest BCUT2D eigenvalue weighted by molar-refractivity contribution is -0.118. The topological polar surface area (TPSA) is 139 Å². The molecule has 0 saturated carbocycles. The molecule has 43 heavy (non-hydrogen) atoms. The molecule has 1 unspecified atom stereocenters. The number of halogens is 1. The van der Waals surface area contributed by atoms with Gasteiger partial charge in [0.25, 0.3) is 11.8 Å². The van der Waals surface area contributed by atoms with Crippen molar-refractivity contribution in [3.8, 4) is 5.88 Å². The zero-order valence-corrected chi connectivity index (χ0v) is 25.0. The van der Waals surface area contributed by atoms with E-state index < -0.39 is 11.7 Å². The van der Waals surface area contributed by atoms with Gasteiger partial charge in [0.15, 0.2) is 18.2 Å². The minimum atomic E-state index is -0.613. The van der Waals surface area contributed by atoms with E-state index in [0.717, 1.165) is 60.7 Å². The van der Waals surface area contributed by atoms with Crippen molar-refractivity contribution in [3.05, 3.63) is 29.2 Å². The quantitative estimate of drug-likeness (QED) is 0.442. The van der Waals surface area contributed by atoms with Crippen molar-refractivity contribution < 1.29 is 23.5 Å². The van der Waals surface area contributed by atoms with Crippen LogP contribution < -0.4 is 25.6 Å². The summed E-state index contributed by atoms with van der Waals surface area (Å²) in [5, 5.41) is 2.63. The summed E-state index contributed by atoms with van der Waals surface area (Å²) in [6.07, 6.45) is 4.63. The van der Waals surface area contributed by atoms with E-state index in [0.29, 0.717) is 44.7 Å². The standard InChI is InChI=1S/C30H39FN8O4/c1-4-18(2)34-26-21-12-19(11-20(21)22(31)13-23(26)37(3)10-7-32)15-38-8-5-30(6-9-38)17-39(29(41)43-30)24-14-33-28-27(35-24)36-25(40)16-42-28/h13-14,19H,4-12,15-17,32H2,1-3H3,(H,35,36,40). The van der Waals surface area contributed by atoms with Crippen molar-refractivity contribution in [3.63, 3.8) is 0 Å². The van der Waals surface area contributed by atoms with Gasteiger partial charge in [0.05, 0.1) is 24.1 Å². The van der Waals surface area contributed by atoms with Crippen LogP contribution in [-0.4, -0.2) is 91.1 Å². The molecule has 0 radical (unpaired) electrons. The lowest BCUT2D eigenvalue weighted by Gasteiger charge is -2.38. The molecule has 1 aliphatic carbocycles. The minimum Gasteiger partial charge on any atom is -0.465 e. The molecule has 13 heteroatoms. The second-order valence-electron chi connectivity index (χ2n) is 12.0. The van der Waals surface area contributed by atoms with E-state index in [-0.39, 0.29) is 35.9 Å². The fourth-order valence-corrected chi connectivity index (χ4v) is 6.49. The van der Waals surface area contributed by atoms with Gasteiger partial charge in [-0.2, -0.15) is 0 Å². The molecule has 2 fully saturated rings. The van der Waals surface area contributed by atoms with Crippen LogP contribution >= 0.6 is 0 Å². The molecule has 2 aromatic rings. The van der Waals surface area contributed by atoms with E-state index in [2.05, 4.69) is 27.1 Å². The number of nitrogens with zero attached hydrogens (tertiary/aromatic N) is 6. The number of fused-ring (bicyclic) bond motifs is 2. The Hall–Kier alpha value is -3.84. The molecule has 1 aromatic heterocycles. The molecular weight excluding hydrogens is 555 g/mol. The number of nitrogens with two attached hydrogens (primary N) is 1. The molecule has 4 heterocycles. The van der Waals surface area contributed by atoms with Crippen LogP contribution in [0.15, 0.2) is 17.3 Å². The van der Waals surface area contributed by atoms with Crippen LogP contribution in [0.4, 0.5) is 32.2 Å². The number of carbonyl (C=O) groups is 2. The fraction of sp³-hybridized carbons (Fsp3) is 0.567. The third-order valence-electron chi connectivity index (χ3n) is 8.97. The van der Waals surface area contributed by atoms with Gasteiger partial charge in [-0.3, -0.25) is 14.7 Å². The molecule has 1 atom stereocenters. The van der Waals surface area contributed by atoms with Crippen molar-refractivity contribution in [1.29, 1.82) is 0 Å². The second kappa shape index (κ2) is 11.7. The number of piperidine rings is 1. The van der Waals surface area contributed by atoms with Gasteiger partial charge in [-0.15, -0.1) is 0 Å². The predicted octanol–water partition coefficient (Wildman–Crippen LogP) is 3.05. The molecule has 12 nitrogen and oxygen atoms in total. The first-order valence-electron chi connectivity index (χ1n) is 15.0. The second-order valence-corrected chi connectivity index (χ2v) is 12.0. The first-order chi connectivity index (χ1) is 20.7. The maximum absolute atomic E-state index is 15.4. The Morgan fingerprint density at radius 2 is 2.05 bits per heavy atom. The van der Waals surface area contributed by atoms with Gasteiger partial charge in [-0.1, -0.05) is 6.92 Å². The third kappa shape index (κ3) is 5.75. The number of likely N-dealkylation sites (tertiary alicyclic amines) is 1. The summed E-state index contributed by atoms with van der Waals surface area (Å²) in [7, 11) is 1.94. The van der Waals surface area contributed by atoms with Crippen molar-refractivity contribution in [2.75, 3.05) is 68.0 Å². The molecule has 1 spiro atoms. The van der Waals surface area contributed by atoms with E-state index in [9.17, 15) is 9.59 Å². The number of aromatic nitrogens is 2. The Morgan fingerprint density at radius 3 is 2.79 bits per heavy atom. The summed E-state index contributed by atoms with van der Waals surface area (Å²) in [5.74, 6) is 0.521. The van der Waals surface area contributed by atoms with Crippen LogP contribution in [-0.2, 0) is 22.4 Å². The van der Waals surface area contributed by atoms with Gasteiger partial charge in [-0.25, -0.2) is 19.2 Å². The van der Waals surface area contributed by atoms with Crippen molar-refractivity contribution >= 4 is 40.7 Å². The SMILES string of the molecule is CCC(C)=Nc1c(N(C)CCN)cc(F)c2c1CC(CN1CCC3(CC1)CN(c1cnc4c(n1)NC(=O)CO4)C(=O)O3)C2. The zero-order chi connectivity index (χ0) is 30.3. The molecule has 2 amide bonds. The number of nitrogens with one attached hydrogen (secondary N) is 1. The van der Waals surface area contributed by atoms with Crippen LogP contribution in [0.25, 0.3) is 0 Å². The van der Waals surface area contributed by atoms with E-state index in [4.69, 9.17) is 20.2 Å². The molecule has 2 saturated heterocycles. The van der Waals surface area contributed by atoms with Crippen LogP contribution in [0.5, 0.6) is 5.88 Å². The molecule has 6 rings (SSSR count). The Morgan fingerprint density at radius 1 is 1.28 bits per heavy atom. The van der Waals surface area contributed by atoms with Crippen LogP contribution in [0.2, 0.25) is 0 Å². The van der Waals surface area contributed by atoms with E-state index >= 15 is 4.39 Å². The first-order valence-corrected chi connectivity index (χ1v) is 15.0. The Labute approximate surface area is 250 Å². The smallest absolute Gasteiger partial charge is 0.416 e. The van der Waals surface area contributed by atoms with Gasteiger partial charge in [-0.05, 0) is 49.3 Å². The number of carbonyl (C=O) groups excluding carboxylic acids is 2. The summed E-state index contributed by atoms with van der Waals surface area (Å²) in [4.78, 5) is 44.0. The maximum Gasteiger partial charge on any atom is 0.416 e. The fourth-order valence-electron chi connectivity index (χ4n) is 6.49. The van der Waals surface area contributed by atoms with Gasteiger partial charge in [0.1, 0.15) is 11.4 Å². The number of ether oxygens (including phenoxy) is 2. The number of anilines is 3. The number of aliphatic imine (C=N–C) groups is 1. The van der Waals surface area contributed by atoms with Crippen molar-refractivity contribution in [1.82, 2.24) is 14.9 Å². The molecule has 0 bridgehead atoms. The highest BCUT2D eigenvalue weighted by Crippen LogP contribution is 2.43. The van der Waals surface area contributed by atoms with Crippen LogP contribution in [0.1, 0.15) is 44.2 Å².